The third-order valence-corrected chi connectivity index (χ3v) is 8.08. The molecular weight excluding hydrogens is 528 g/mol. The molecule has 1 fully saturated rings. The Morgan fingerprint density at radius 3 is 2.36 bits per heavy atom. The zero-order valence-corrected chi connectivity index (χ0v) is 23.4. The van der Waals surface area contributed by atoms with Crippen molar-refractivity contribution >= 4 is 17.8 Å². The highest BCUT2D eigenvalue weighted by Gasteiger charge is 2.47. The average Bonchev–Trinajstić information content (AvgIpc) is 3.67. The van der Waals surface area contributed by atoms with E-state index in [0.29, 0.717) is 42.3 Å². The molecule has 4 amide bonds. The minimum Gasteiger partial charge on any atom is -0.457 e. The Bertz CT molecular complexity index is 1510. The van der Waals surface area contributed by atoms with Gasteiger partial charge in [-0.15, -0.1) is 6.58 Å². The summed E-state index contributed by atoms with van der Waals surface area (Å²) in [6.07, 6.45) is 3.96. The van der Waals surface area contributed by atoms with Crippen molar-refractivity contribution in [2.75, 3.05) is 26.2 Å². The van der Waals surface area contributed by atoms with Gasteiger partial charge in [0.15, 0.2) is 0 Å². The van der Waals surface area contributed by atoms with E-state index >= 15 is 0 Å². The van der Waals surface area contributed by atoms with E-state index in [2.05, 4.69) is 11.9 Å². The van der Waals surface area contributed by atoms with Gasteiger partial charge in [-0.2, -0.15) is 0 Å². The smallest absolute Gasteiger partial charge is 0.322 e. The largest absolute Gasteiger partial charge is 0.457 e. The van der Waals surface area contributed by atoms with E-state index in [9.17, 15) is 14.4 Å². The van der Waals surface area contributed by atoms with Crippen molar-refractivity contribution in [1.82, 2.24) is 20.0 Å². The van der Waals surface area contributed by atoms with Gasteiger partial charge in [0.2, 0.25) is 5.91 Å². The number of likely N-dealkylation sites (tertiary alicyclic amines) is 1. The number of rotatable bonds is 9. The monoisotopic (exact) mass is 562 g/mol. The summed E-state index contributed by atoms with van der Waals surface area (Å²) in [5, 5.41) is 3.04. The number of urea groups is 1. The maximum absolute atomic E-state index is 14.4. The lowest BCUT2D eigenvalue weighted by Gasteiger charge is -2.33. The van der Waals surface area contributed by atoms with Crippen LogP contribution in [0.2, 0.25) is 0 Å². The molecular formula is C34H34N4O4. The fourth-order valence-electron chi connectivity index (χ4n) is 6.04. The van der Waals surface area contributed by atoms with Crippen molar-refractivity contribution in [3.8, 4) is 11.5 Å². The Morgan fingerprint density at radius 1 is 0.952 bits per heavy atom. The highest BCUT2D eigenvalue weighted by Crippen LogP contribution is 2.39. The topological polar surface area (TPSA) is 82.2 Å². The zero-order valence-electron chi connectivity index (χ0n) is 23.4. The summed E-state index contributed by atoms with van der Waals surface area (Å²) in [5.74, 6) is 0.990. The highest BCUT2D eigenvalue weighted by molar-refractivity contribution is 6.03. The Morgan fingerprint density at radius 2 is 1.64 bits per heavy atom. The number of amides is 4. The fraction of sp³-hybridized carbons (Fsp3) is 0.265. The number of hydrogen-bond donors (Lipinski definition) is 1. The van der Waals surface area contributed by atoms with Gasteiger partial charge in [-0.25, -0.2) is 4.79 Å². The molecule has 0 aliphatic carbocycles. The molecule has 0 spiro atoms. The van der Waals surface area contributed by atoms with Crippen LogP contribution in [-0.2, 0) is 16.0 Å². The van der Waals surface area contributed by atoms with Crippen LogP contribution in [0, 0.1) is 0 Å². The van der Waals surface area contributed by atoms with E-state index in [1.54, 1.807) is 15.9 Å². The zero-order chi connectivity index (χ0) is 29.1. The summed E-state index contributed by atoms with van der Waals surface area (Å²) in [6, 6.07) is 25.0. The number of ether oxygens (including phenoxy) is 1. The minimum absolute atomic E-state index is 0.0473. The summed E-state index contributed by atoms with van der Waals surface area (Å²) < 4.78 is 6.05. The lowest BCUT2D eigenvalue weighted by molar-refractivity contribution is -0.142. The summed E-state index contributed by atoms with van der Waals surface area (Å²) in [5.41, 5.74) is 2.78. The van der Waals surface area contributed by atoms with Gasteiger partial charge in [-0.3, -0.25) is 14.5 Å². The van der Waals surface area contributed by atoms with Gasteiger partial charge in [0.25, 0.3) is 5.91 Å². The van der Waals surface area contributed by atoms with Crippen molar-refractivity contribution in [2.45, 2.75) is 31.3 Å². The van der Waals surface area contributed by atoms with E-state index in [4.69, 9.17) is 4.74 Å². The molecule has 1 N–H and O–H groups in total. The van der Waals surface area contributed by atoms with E-state index in [0.717, 1.165) is 24.0 Å². The van der Waals surface area contributed by atoms with E-state index in [1.165, 1.54) is 0 Å². The molecule has 3 aromatic rings. The first-order valence-corrected chi connectivity index (χ1v) is 14.4. The molecule has 2 atom stereocenters. The Hall–Kier alpha value is -4.85. The summed E-state index contributed by atoms with van der Waals surface area (Å²) in [7, 11) is 0. The van der Waals surface area contributed by atoms with Crippen molar-refractivity contribution in [1.29, 1.82) is 0 Å². The second-order valence-corrected chi connectivity index (χ2v) is 10.8. The Kier molecular flexibility index (Phi) is 7.77. The van der Waals surface area contributed by atoms with Crippen molar-refractivity contribution in [2.24, 2.45) is 0 Å². The lowest BCUT2D eigenvalue weighted by Crippen LogP contribution is -2.50. The van der Waals surface area contributed by atoms with Crippen LogP contribution in [0.3, 0.4) is 0 Å². The third-order valence-electron chi connectivity index (χ3n) is 8.08. The van der Waals surface area contributed by atoms with Crippen LogP contribution in [0.15, 0.2) is 109 Å². The van der Waals surface area contributed by atoms with Crippen molar-refractivity contribution in [3.05, 3.63) is 120 Å². The van der Waals surface area contributed by atoms with Crippen LogP contribution in [0.4, 0.5) is 4.79 Å². The molecule has 3 aliphatic heterocycles. The third kappa shape index (κ3) is 5.40. The number of hydrogen-bond acceptors (Lipinski definition) is 4. The average molecular weight is 563 g/mol. The molecule has 1 saturated heterocycles. The molecule has 0 radical (unpaired) electrons. The number of carbonyl (C=O) groups excluding carboxylic acids is 3. The molecule has 8 heteroatoms. The second kappa shape index (κ2) is 11.9. The van der Waals surface area contributed by atoms with Crippen molar-refractivity contribution < 1.29 is 19.1 Å². The Balaban J connectivity index is 1.35. The van der Waals surface area contributed by atoms with Crippen molar-refractivity contribution in [3.63, 3.8) is 0 Å². The van der Waals surface area contributed by atoms with Crippen LogP contribution in [0.25, 0.3) is 0 Å². The maximum atomic E-state index is 14.4. The van der Waals surface area contributed by atoms with Gasteiger partial charge >= 0.3 is 6.03 Å². The van der Waals surface area contributed by atoms with Crippen LogP contribution in [0.5, 0.6) is 11.5 Å². The van der Waals surface area contributed by atoms with Gasteiger partial charge in [-0.05, 0) is 48.2 Å². The van der Waals surface area contributed by atoms with Gasteiger partial charge in [0.1, 0.15) is 17.5 Å². The minimum atomic E-state index is -0.690. The number of nitrogens with zero attached hydrogens (tertiary/aromatic N) is 3. The van der Waals surface area contributed by atoms with E-state index in [1.807, 2.05) is 89.8 Å². The molecule has 0 saturated carbocycles. The molecule has 0 bridgehead atoms. The highest BCUT2D eigenvalue weighted by atomic mass is 16.5. The molecule has 214 valence electrons. The van der Waals surface area contributed by atoms with Gasteiger partial charge in [-0.1, -0.05) is 66.7 Å². The number of nitrogens with one attached hydrogen (secondary N) is 1. The summed E-state index contributed by atoms with van der Waals surface area (Å²) in [4.78, 5) is 46.8. The predicted octanol–water partition coefficient (Wildman–Crippen LogP) is 5.06. The SMILES string of the molecule is C=CCN1C(=O)NC(c2cccc(Oc3ccccc3)c2)C2=C1CN(C(Cc1ccccc1)C(=O)N1CCCC1)C2=O. The Labute approximate surface area is 245 Å². The van der Waals surface area contributed by atoms with Gasteiger partial charge in [0.05, 0.1) is 23.9 Å². The van der Waals surface area contributed by atoms with Crippen LogP contribution >= 0.6 is 0 Å². The molecule has 6 rings (SSSR count). The molecule has 8 nitrogen and oxygen atoms in total. The number of benzene rings is 3. The van der Waals surface area contributed by atoms with E-state index in [-0.39, 0.29) is 30.9 Å². The number of para-hydroxylation sites is 1. The first-order chi connectivity index (χ1) is 20.5. The van der Waals surface area contributed by atoms with Gasteiger partial charge < -0.3 is 19.9 Å². The van der Waals surface area contributed by atoms with E-state index < -0.39 is 12.1 Å². The fourth-order valence-corrected chi connectivity index (χ4v) is 6.04. The van der Waals surface area contributed by atoms with Crippen LogP contribution in [0.1, 0.15) is 30.0 Å². The first kappa shape index (κ1) is 27.3. The molecule has 0 aromatic heterocycles. The normalized spacial score (nSPS) is 19.0. The maximum Gasteiger partial charge on any atom is 0.322 e. The van der Waals surface area contributed by atoms with Crippen LogP contribution < -0.4 is 10.1 Å². The molecule has 3 aliphatic rings. The molecule has 2 unspecified atom stereocenters. The molecule has 3 aromatic carbocycles. The quantitative estimate of drug-likeness (QED) is 0.370. The second-order valence-electron chi connectivity index (χ2n) is 10.8. The summed E-state index contributed by atoms with van der Waals surface area (Å²) in [6.45, 7) is 5.63. The standard InChI is InChI=1S/C34H34N4O4/c1-2-18-37-29-23-38(28(21-24-12-5-3-6-13-24)32(39)36-19-9-10-20-36)33(40)30(29)31(35-34(37)41)25-14-11-17-27(22-25)42-26-15-7-4-8-16-26/h2-8,11-17,22,28,31H,1,9-10,18-21,23H2,(H,35,41). The summed E-state index contributed by atoms with van der Waals surface area (Å²) >= 11 is 0. The number of carbonyl (C=O) groups is 3. The predicted molar refractivity (Wildman–Crippen MR) is 160 cm³/mol. The first-order valence-electron chi connectivity index (χ1n) is 14.4. The lowest BCUT2D eigenvalue weighted by atomic mass is 9.95. The molecule has 3 heterocycles. The van der Waals surface area contributed by atoms with Crippen LogP contribution in [-0.4, -0.2) is 64.8 Å². The molecule has 42 heavy (non-hydrogen) atoms. The van der Waals surface area contributed by atoms with Gasteiger partial charge in [0, 0.05) is 26.1 Å².